The molecule has 0 aliphatic heterocycles. The minimum atomic E-state index is -3.37. The van der Waals surface area contributed by atoms with Gasteiger partial charge < -0.3 is 5.73 Å². The van der Waals surface area contributed by atoms with Crippen molar-refractivity contribution in [3.05, 3.63) is 58.1 Å². The highest BCUT2D eigenvalue weighted by atomic mass is 79.9. The molecule has 100 valence electrons. The molecule has 0 aliphatic rings. The van der Waals surface area contributed by atoms with Gasteiger partial charge in [0.2, 0.25) is 0 Å². The van der Waals surface area contributed by atoms with Gasteiger partial charge in [0.25, 0.3) is 0 Å². The molecular weight excluding hydrogens is 326 g/mol. The van der Waals surface area contributed by atoms with E-state index in [0.29, 0.717) is 16.1 Å². The Labute approximate surface area is 121 Å². The van der Waals surface area contributed by atoms with Crippen molar-refractivity contribution in [2.45, 2.75) is 17.6 Å². The van der Waals surface area contributed by atoms with Gasteiger partial charge in [0.05, 0.1) is 10.6 Å². The van der Waals surface area contributed by atoms with Gasteiger partial charge in [0.1, 0.15) is 0 Å². The standard InChI is InChI=1S/C14H14BrNO2S/c1-10-8-12(16)6-7-14(10)19(17,18)9-11-4-2-3-5-13(11)15/h2-8H,9,16H2,1H3. The highest BCUT2D eigenvalue weighted by Crippen LogP contribution is 2.25. The molecule has 2 N–H and O–H groups in total. The van der Waals surface area contributed by atoms with E-state index in [4.69, 9.17) is 5.73 Å². The van der Waals surface area contributed by atoms with Gasteiger partial charge in [-0.1, -0.05) is 34.1 Å². The van der Waals surface area contributed by atoms with Crippen LogP contribution in [0.5, 0.6) is 0 Å². The number of nitrogen functional groups attached to an aromatic ring is 1. The Balaban J connectivity index is 2.41. The number of rotatable bonds is 3. The van der Waals surface area contributed by atoms with Crippen LogP contribution in [-0.4, -0.2) is 8.42 Å². The summed E-state index contributed by atoms with van der Waals surface area (Å²) in [4.78, 5) is 0.331. The van der Waals surface area contributed by atoms with Crippen molar-refractivity contribution in [2.24, 2.45) is 0 Å². The number of aryl methyl sites for hydroxylation is 1. The summed E-state index contributed by atoms with van der Waals surface area (Å²) in [6.45, 7) is 1.75. The first-order valence-corrected chi connectivity index (χ1v) is 8.17. The molecule has 2 aromatic carbocycles. The molecule has 0 bridgehead atoms. The van der Waals surface area contributed by atoms with E-state index in [1.807, 2.05) is 18.2 Å². The molecule has 2 aromatic rings. The normalized spacial score (nSPS) is 11.5. The molecule has 5 heteroatoms. The Morgan fingerprint density at radius 3 is 2.47 bits per heavy atom. The van der Waals surface area contributed by atoms with E-state index in [9.17, 15) is 8.42 Å². The Kier molecular flexibility index (Phi) is 3.96. The Morgan fingerprint density at radius 2 is 1.84 bits per heavy atom. The maximum Gasteiger partial charge on any atom is 0.182 e. The molecule has 0 saturated heterocycles. The zero-order chi connectivity index (χ0) is 14.0. The molecule has 0 unspecified atom stereocenters. The fourth-order valence-corrected chi connectivity index (χ4v) is 4.17. The van der Waals surface area contributed by atoms with Crippen LogP contribution in [-0.2, 0) is 15.6 Å². The lowest BCUT2D eigenvalue weighted by Gasteiger charge is -2.09. The van der Waals surface area contributed by atoms with Crippen LogP contribution in [0.15, 0.2) is 51.8 Å². The van der Waals surface area contributed by atoms with E-state index in [2.05, 4.69) is 15.9 Å². The van der Waals surface area contributed by atoms with Crippen molar-refractivity contribution in [3.63, 3.8) is 0 Å². The highest BCUT2D eigenvalue weighted by Gasteiger charge is 2.18. The Morgan fingerprint density at radius 1 is 1.16 bits per heavy atom. The molecule has 0 spiro atoms. The molecular formula is C14H14BrNO2S. The number of hydrogen-bond acceptors (Lipinski definition) is 3. The lowest BCUT2D eigenvalue weighted by atomic mass is 10.2. The first kappa shape index (κ1) is 14.1. The number of halogens is 1. The lowest BCUT2D eigenvalue weighted by Crippen LogP contribution is -2.07. The van der Waals surface area contributed by atoms with Gasteiger partial charge in [-0.3, -0.25) is 0 Å². The molecule has 0 saturated carbocycles. The van der Waals surface area contributed by atoms with E-state index >= 15 is 0 Å². The number of hydrogen-bond donors (Lipinski definition) is 1. The lowest BCUT2D eigenvalue weighted by molar-refractivity contribution is 0.594. The van der Waals surface area contributed by atoms with Crippen molar-refractivity contribution in [1.82, 2.24) is 0 Å². The summed E-state index contributed by atoms with van der Waals surface area (Å²) in [5.41, 5.74) is 7.63. The molecule has 0 radical (unpaired) electrons. The van der Waals surface area contributed by atoms with E-state index in [1.54, 1.807) is 31.2 Å². The van der Waals surface area contributed by atoms with E-state index in [1.165, 1.54) is 0 Å². The second kappa shape index (κ2) is 5.35. The monoisotopic (exact) mass is 339 g/mol. The molecule has 3 nitrogen and oxygen atoms in total. The van der Waals surface area contributed by atoms with Crippen LogP contribution < -0.4 is 5.73 Å². The second-order valence-corrected chi connectivity index (χ2v) is 7.19. The second-order valence-electron chi connectivity index (χ2n) is 4.38. The largest absolute Gasteiger partial charge is 0.399 e. The SMILES string of the molecule is Cc1cc(N)ccc1S(=O)(=O)Cc1ccccc1Br. The fourth-order valence-electron chi connectivity index (χ4n) is 1.92. The molecule has 0 heterocycles. The first-order chi connectivity index (χ1) is 8.90. The zero-order valence-corrected chi connectivity index (χ0v) is 12.8. The minimum absolute atomic E-state index is 0.0286. The van der Waals surface area contributed by atoms with Crippen LogP contribution in [0.25, 0.3) is 0 Å². The Bertz CT molecular complexity index is 711. The van der Waals surface area contributed by atoms with Gasteiger partial charge >= 0.3 is 0 Å². The van der Waals surface area contributed by atoms with Crippen LogP contribution >= 0.6 is 15.9 Å². The topological polar surface area (TPSA) is 60.2 Å². The summed E-state index contributed by atoms with van der Waals surface area (Å²) in [5.74, 6) is -0.0286. The molecule has 2 rings (SSSR count). The highest BCUT2D eigenvalue weighted by molar-refractivity contribution is 9.10. The Hall–Kier alpha value is -1.33. The summed E-state index contributed by atoms with van der Waals surface area (Å²) in [5, 5.41) is 0. The maximum absolute atomic E-state index is 12.4. The van der Waals surface area contributed by atoms with Crippen LogP contribution in [0.3, 0.4) is 0 Å². The maximum atomic E-state index is 12.4. The van der Waals surface area contributed by atoms with Gasteiger partial charge in [-0.15, -0.1) is 0 Å². The minimum Gasteiger partial charge on any atom is -0.399 e. The molecule has 0 amide bonds. The number of sulfone groups is 1. The van der Waals surface area contributed by atoms with Crippen molar-refractivity contribution in [2.75, 3.05) is 5.73 Å². The number of anilines is 1. The summed E-state index contributed by atoms with van der Waals surface area (Å²) in [6.07, 6.45) is 0. The van der Waals surface area contributed by atoms with Crippen molar-refractivity contribution in [1.29, 1.82) is 0 Å². The van der Waals surface area contributed by atoms with Gasteiger partial charge in [-0.25, -0.2) is 8.42 Å². The van der Waals surface area contributed by atoms with E-state index < -0.39 is 9.84 Å². The van der Waals surface area contributed by atoms with Crippen LogP contribution in [0.2, 0.25) is 0 Å². The van der Waals surface area contributed by atoms with Crippen LogP contribution in [0.1, 0.15) is 11.1 Å². The van der Waals surface area contributed by atoms with Crippen LogP contribution in [0, 0.1) is 6.92 Å². The predicted octanol–water partition coefficient (Wildman–Crippen LogP) is 3.31. The van der Waals surface area contributed by atoms with Gasteiger partial charge in [0, 0.05) is 10.2 Å². The third kappa shape index (κ3) is 3.16. The summed E-state index contributed by atoms with van der Waals surface area (Å²) < 4.78 is 25.6. The van der Waals surface area contributed by atoms with E-state index in [-0.39, 0.29) is 5.75 Å². The molecule has 19 heavy (non-hydrogen) atoms. The van der Waals surface area contributed by atoms with Crippen molar-refractivity contribution < 1.29 is 8.42 Å². The first-order valence-electron chi connectivity index (χ1n) is 5.72. The molecule has 0 fully saturated rings. The van der Waals surface area contributed by atoms with Crippen molar-refractivity contribution in [3.8, 4) is 0 Å². The molecule has 0 atom stereocenters. The number of benzene rings is 2. The number of nitrogens with two attached hydrogens (primary N) is 1. The van der Waals surface area contributed by atoms with Gasteiger partial charge in [-0.05, 0) is 42.3 Å². The average Bonchev–Trinajstić information content (AvgIpc) is 2.31. The summed E-state index contributed by atoms with van der Waals surface area (Å²) >= 11 is 3.37. The smallest absolute Gasteiger partial charge is 0.182 e. The third-order valence-corrected chi connectivity index (χ3v) is 5.43. The zero-order valence-electron chi connectivity index (χ0n) is 10.4. The van der Waals surface area contributed by atoms with Gasteiger partial charge in [0.15, 0.2) is 9.84 Å². The predicted molar refractivity (Wildman–Crippen MR) is 80.6 cm³/mol. The third-order valence-electron chi connectivity index (χ3n) is 2.84. The summed E-state index contributed by atoms with van der Waals surface area (Å²) in [6, 6.07) is 12.2. The van der Waals surface area contributed by atoms with Crippen LogP contribution in [0.4, 0.5) is 5.69 Å². The average molecular weight is 340 g/mol. The quantitative estimate of drug-likeness (QED) is 0.872. The molecule has 0 aliphatic carbocycles. The fraction of sp³-hybridized carbons (Fsp3) is 0.143. The van der Waals surface area contributed by atoms with Crippen molar-refractivity contribution >= 4 is 31.5 Å². The van der Waals surface area contributed by atoms with E-state index in [0.717, 1.165) is 10.0 Å². The van der Waals surface area contributed by atoms with Gasteiger partial charge in [-0.2, -0.15) is 0 Å². The molecule has 0 aromatic heterocycles. The summed E-state index contributed by atoms with van der Waals surface area (Å²) in [7, 11) is -3.37.